The molecule has 0 heterocycles. The van der Waals surface area contributed by atoms with Gasteiger partial charge in [0.1, 0.15) is 17.8 Å². The Labute approximate surface area is 127 Å². The van der Waals surface area contributed by atoms with E-state index in [1.165, 1.54) is 0 Å². The van der Waals surface area contributed by atoms with E-state index < -0.39 is 0 Å². The van der Waals surface area contributed by atoms with Crippen molar-refractivity contribution in [3.05, 3.63) is 50.9 Å². The monoisotopic (exact) mass is 384 g/mol. The molecule has 0 amide bonds. The van der Waals surface area contributed by atoms with E-state index in [0.29, 0.717) is 26.0 Å². The number of aldehydes is 1. The quantitative estimate of drug-likeness (QED) is 0.707. The number of hydrogen-bond donors (Lipinski definition) is 0. The summed E-state index contributed by atoms with van der Waals surface area (Å²) < 4.78 is 12.3. The van der Waals surface area contributed by atoms with Crippen molar-refractivity contribution < 1.29 is 14.3 Å². The van der Waals surface area contributed by atoms with Crippen LogP contribution in [0.1, 0.15) is 10.4 Å². The number of carbonyl (C=O) groups excluding carboxylic acids is 1. The molecule has 0 atom stereocenters. The highest BCUT2D eigenvalue weighted by atomic mass is 79.9. The average molecular weight is 386 g/mol. The lowest BCUT2D eigenvalue weighted by Gasteiger charge is -2.11. The van der Waals surface area contributed by atoms with Gasteiger partial charge in [-0.3, -0.25) is 4.79 Å². The standard InChI is InChI=1S/C14H10Br2O3/c1-18-10-2-4-11(5-3-10)19-14-12(15)6-9(8-17)7-13(14)16/h2-8H,1H3. The van der Waals surface area contributed by atoms with E-state index in [4.69, 9.17) is 9.47 Å². The molecule has 0 fully saturated rings. The van der Waals surface area contributed by atoms with E-state index in [0.717, 1.165) is 12.0 Å². The van der Waals surface area contributed by atoms with Gasteiger partial charge in [0.2, 0.25) is 0 Å². The van der Waals surface area contributed by atoms with Crippen molar-refractivity contribution >= 4 is 38.1 Å². The molecule has 0 spiro atoms. The van der Waals surface area contributed by atoms with Crippen molar-refractivity contribution in [3.8, 4) is 17.2 Å². The number of benzene rings is 2. The van der Waals surface area contributed by atoms with Gasteiger partial charge in [-0.05, 0) is 68.3 Å². The first-order valence-electron chi connectivity index (χ1n) is 5.40. The lowest BCUT2D eigenvalue weighted by molar-refractivity contribution is 0.112. The first-order valence-corrected chi connectivity index (χ1v) is 6.99. The molecule has 3 nitrogen and oxygen atoms in total. The number of halogens is 2. The molecule has 2 aromatic carbocycles. The van der Waals surface area contributed by atoms with Crippen molar-refractivity contribution in [2.75, 3.05) is 7.11 Å². The highest BCUT2D eigenvalue weighted by Gasteiger charge is 2.10. The van der Waals surface area contributed by atoms with Gasteiger partial charge in [-0.15, -0.1) is 0 Å². The van der Waals surface area contributed by atoms with Crippen LogP contribution in [0.2, 0.25) is 0 Å². The molecule has 5 heteroatoms. The van der Waals surface area contributed by atoms with Crippen LogP contribution < -0.4 is 9.47 Å². The first kappa shape index (κ1) is 14.1. The molecule has 0 aliphatic heterocycles. The Morgan fingerprint density at radius 2 is 1.53 bits per heavy atom. The average Bonchev–Trinajstić information content (AvgIpc) is 2.43. The molecule has 2 rings (SSSR count). The SMILES string of the molecule is COc1ccc(Oc2c(Br)cc(C=O)cc2Br)cc1. The third-order valence-corrected chi connectivity index (χ3v) is 3.61. The molecule has 0 aliphatic rings. The van der Waals surface area contributed by atoms with Gasteiger partial charge in [-0.1, -0.05) is 0 Å². The molecule has 0 unspecified atom stereocenters. The lowest BCUT2D eigenvalue weighted by Crippen LogP contribution is -1.90. The minimum absolute atomic E-state index is 0.570. The molecule has 0 aromatic heterocycles. The number of carbonyl (C=O) groups is 1. The van der Waals surface area contributed by atoms with Crippen LogP contribution in [0.15, 0.2) is 45.3 Å². The summed E-state index contributed by atoms with van der Waals surface area (Å²) in [5, 5.41) is 0. The summed E-state index contributed by atoms with van der Waals surface area (Å²) >= 11 is 6.77. The summed E-state index contributed by atoms with van der Waals surface area (Å²) in [6, 6.07) is 10.7. The largest absolute Gasteiger partial charge is 0.497 e. The van der Waals surface area contributed by atoms with Gasteiger partial charge in [-0.2, -0.15) is 0 Å². The molecule has 0 N–H and O–H groups in total. The fourth-order valence-corrected chi connectivity index (χ4v) is 2.89. The van der Waals surface area contributed by atoms with Crippen LogP contribution in [0.4, 0.5) is 0 Å². The Bertz CT molecular complexity index is 571. The van der Waals surface area contributed by atoms with Gasteiger partial charge in [0.25, 0.3) is 0 Å². The fraction of sp³-hybridized carbons (Fsp3) is 0.0714. The minimum Gasteiger partial charge on any atom is -0.497 e. The van der Waals surface area contributed by atoms with Gasteiger partial charge in [0, 0.05) is 5.56 Å². The van der Waals surface area contributed by atoms with Crippen LogP contribution in [0, 0.1) is 0 Å². The Hall–Kier alpha value is -1.33. The van der Waals surface area contributed by atoms with Gasteiger partial charge in [0.05, 0.1) is 16.1 Å². The second-order valence-corrected chi connectivity index (χ2v) is 5.42. The van der Waals surface area contributed by atoms with Crippen LogP contribution in [0.5, 0.6) is 17.2 Å². The zero-order chi connectivity index (χ0) is 13.8. The highest BCUT2D eigenvalue weighted by molar-refractivity contribution is 9.11. The summed E-state index contributed by atoms with van der Waals surface area (Å²) in [6.45, 7) is 0. The van der Waals surface area contributed by atoms with Crippen molar-refractivity contribution in [3.63, 3.8) is 0 Å². The van der Waals surface area contributed by atoms with Gasteiger partial charge in [0.15, 0.2) is 5.75 Å². The van der Waals surface area contributed by atoms with Crippen LogP contribution >= 0.6 is 31.9 Å². The highest BCUT2D eigenvalue weighted by Crippen LogP contribution is 2.37. The summed E-state index contributed by atoms with van der Waals surface area (Å²) in [6.07, 6.45) is 0.784. The lowest BCUT2D eigenvalue weighted by atomic mass is 10.2. The van der Waals surface area contributed by atoms with E-state index in [2.05, 4.69) is 31.9 Å². The van der Waals surface area contributed by atoms with E-state index in [1.54, 1.807) is 19.2 Å². The summed E-state index contributed by atoms with van der Waals surface area (Å²) in [4.78, 5) is 10.8. The molecule has 0 saturated carbocycles. The van der Waals surface area contributed by atoms with Crippen LogP contribution in [-0.2, 0) is 0 Å². The van der Waals surface area contributed by atoms with Crippen molar-refractivity contribution in [2.45, 2.75) is 0 Å². The molecular formula is C14H10Br2O3. The maximum absolute atomic E-state index is 10.8. The Morgan fingerprint density at radius 3 is 2.00 bits per heavy atom. The molecule has 98 valence electrons. The maximum atomic E-state index is 10.8. The molecule has 0 aliphatic carbocycles. The maximum Gasteiger partial charge on any atom is 0.155 e. The predicted molar refractivity (Wildman–Crippen MR) is 80.3 cm³/mol. The fourth-order valence-electron chi connectivity index (χ4n) is 1.51. The number of rotatable bonds is 4. The number of hydrogen-bond acceptors (Lipinski definition) is 3. The normalized spacial score (nSPS) is 10.1. The van der Waals surface area contributed by atoms with E-state index in [1.807, 2.05) is 24.3 Å². The Balaban J connectivity index is 2.29. The van der Waals surface area contributed by atoms with Gasteiger partial charge in [-0.25, -0.2) is 0 Å². The molecule has 0 bridgehead atoms. The molecule has 0 radical (unpaired) electrons. The zero-order valence-electron chi connectivity index (χ0n) is 10.0. The third kappa shape index (κ3) is 3.36. The van der Waals surface area contributed by atoms with E-state index >= 15 is 0 Å². The summed E-state index contributed by atoms with van der Waals surface area (Å²) in [5.41, 5.74) is 0.570. The minimum atomic E-state index is 0.570. The summed E-state index contributed by atoms with van der Waals surface area (Å²) in [5.74, 6) is 2.07. The van der Waals surface area contributed by atoms with Crippen LogP contribution in [-0.4, -0.2) is 13.4 Å². The van der Waals surface area contributed by atoms with Crippen LogP contribution in [0.25, 0.3) is 0 Å². The molecule has 19 heavy (non-hydrogen) atoms. The second kappa shape index (κ2) is 6.21. The van der Waals surface area contributed by atoms with Crippen molar-refractivity contribution in [1.82, 2.24) is 0 Å². The van der Waals surface area contributed by atoms with Crippen molar-refractivity contribution in [2.24, 2.45) is 0 Å². The Kier molecular flexibility index (Phi) is 4.61. The van der Waals surface area contributed by atoms with E-state index in [9.17, 15) is 4.79 Å². The van der Waals surface area contributed by atoms with Gasteiger partial charge >= 0.3 is 0 Å². The topological polar surface area (TPSA) is 35.5 Å². The Morgan fingerprint density at radius 1 is 1.00 bits per heavy atom. The summed E-state index contributed by atoms with van der Waals surface area (Å²) in [7, 11) is 1.61. The number of methoxy groups -OCH3 is 1. The first-order chi connectivity index (χ1) is 9.13. The number of ether oxygens (including phenoxy) is 2. The second-order valence-electron chi connectivity index (χ2n) is 3.71. The van der Waals surface area contributed by atoms with Crippen molar-refractivity contribution in [1.29, 1.82) is 0 Å². The smallest absolute Gasteiger partial charge is 0.155 e. The van der Waals surface area contributed by atoms with Crippen LogP contribution in [0.3, 0.4) is 0 Å². The van der Waals surface area contributed by atoms with Gasteiger partial charge < -0.3 is 9.47 Å². The third-order valence-electron chi connectivity index (χ3n) is 2.44. The molecule has 0 saturated heterocycles. The molecular weight excluding hydrogens is 376 g/mol. The van der Waals surface area contributed by atoms with E-state index in [-0.39, 0.29) is 0 Å². The predicted octanol–water partition coefficient (Wildman–Crippen LogP) is 4.83. The zero-order valence-corrected chi connectivity index (χ0v) is 13.2. The molecule has 2 aromatic rings.